The number of nitrogens with zero attached hydrogens (tertiary/aromatic N) is 2. The molecular weight excluding hydrogens is 286 g/mol. The summed E-state index contributed by atoms with van der Waals surface area (Å²) in [7, 11) is 0. The van der Waals surface area contributed by atoms with E-state index >= 15 is 0 Å². The number of hydrogen-bond donors (Lipinski definition) is 1. The number of rotatable bonds is 5. The summed E-state index contributed by atoms with van der Waals surface area (Å²) in [4.78, 5) is 17.0. The van der Waals surface area contributed by atoms with Crippen molar-refractivity contribution in [3.8, 4) is 16.9 Å². The molecule has 0 unspecified atom stereocenters. The predicted molar refractivity (Wildman–Crippen MR) is 93.0 cm³/mol. The number of hydrogen-bond acceptors (Lipinski definition) is 2. The number of H-pyrrole nitrogens is 1. The lowest BCUT2D eigenvalue weighted by Gasteiger charge is -2.03. The van der Waals surface area contributed by atoms with Gasteiger partial charge in [0.25, 0.3) is 5.56 Å². The Hall–Kier alpha value is -2.62. The van der Waals surface area contributed by atoms with Crippen molar-refractivity contribution in [3.63, 3.8) is 0 Å². The summed E-state index contributed by atoms with van der Waals surface area (Å²) in [5.41, 5.74) is 4.77. The van der Waals surface area contributed by atoms with E-state index in [-0.39, 0.29) is 5.56 Å². The molecule has 3 aromatic rings. The van der Waals surface area contributed by atoms with Crippen molar-refractivity contribution in [3.05, 3.63) is 70.3 Å². The minimum absolute atomic E-state index is 0.0231. The topological polar surface area (TPSA) is 50.7 Å². The van der Waals surface area contributed by atoms with Gasteiger partial charge < -0.3 is 0 Å². The summed E-state index contributed by atoms with van der Waals surface area (Å²) in [6.45, 7) is 4.20. The standard InChI is InChI=1S/C19H21N3O/c1-3-6-17-18(15-7-5-12-20-13-15)21-22(19(17)23)16-10-8-14(4-2)9-11-16/h5,7-13,21H,3-4,6H2,1-2H3. The van der Waals surface area contributed by atoms with E-state index in [0.717, 1.165) is 41.8 Å². The summed E-state index contributed by atoms with van der Waals surface area (Å²) < 4.78 is 1.63. The maximum absolute atomic E-state index is 12.8. The third-order valence-electron chi connectivity index (χ3n) is 4.04. The number of pyridine rings is 1. The first-order valence-corrected chi connectivity index (χ1v) is 8.08. The molecule has 2 heterocycles. The summed E-state index contributed by atoms with van der Waals surface area (Å²) in [5, 5.41) is 3.27. The first-order chi connectivity index (χ1) is 11.2. The van der Waals surface area contributed by atoms with Crippen molar-refractivity contribution in [1.29, 1.82) is 0 Å². The van der Waals surface area contributed by atoms with Crippen molar-refractivity contribution < 1.29 is 0 Å². The second kappa shape index (κ2) is 6.65. The molecule has 0 fully saturated rings. The van der Waals surface area contributed by atoms with Crippen LogP contribution in [0.15, 0.2) is 53.6 Å². The zero-order valence-electron chi connectivity index (χ0n) is 13.5. The molecule has 3 rings (SSSR count). The van der Waals surface area contributed by atoms with Crippen LogP contribution in [0.5, 0.6) is 0 Å². The first-order valence-electron chi connectivity index (χ1n) is 8.08. The van der Waals surface area contributed by atoms with E-state index in [9.17, 15) is 4.79 Å². The fraction of sp³-hybridized carbons (Fsp3) is 0.263. The Kier molecular flexibility index (Phi) is 4.42. The van der Waals surface area contributed by atoms with Gasteiger partial charge in [0, 0.05) is 23.5 Å². The molecule has 4 heteroatoms. The highest BCUT2D eigenvalue weighted by Gasteiger charge is 2.16. The van der Waals surface area contributed by atoms with Crippen LogP contribution >= 0.6 is 0 Å². The minimum Gasteiger partial charge on any atom is -0.290 e. The van der Waals surface area contributed by atoms with Crippen LogP contribution in [0, 0.1) is 0 Å². The van der Waals surface area contributed by atoms with Gasteiger partial charge in [-0.15, -0.1) is 0 Å². The van der Waals surface area contributed by atoms with Gasteiger partial charge in [0.2, 0.25) is 0 Å². The molecule has 118 valence electrons. The largest absolute Gasteiger partial charge is 0.290 e. The van der Waals surface area contributed by atoms with Crippen LogP contribution in [0.25, 0.3) is 16.9 Å². The number of aromatic nitrogens is 3. The van der Waals surface area contributed by atoms with Gasteiger partial charge in [0.15, 0.2) is 0 Å². The van der Waals surface area contributed by atoms with Gasteiger partial charge in [0.05, 0.1) is 11.4 Å². The fourth-order valence-electron chi connectivity index (χ4n) is 2.77. The minimum atomic E-state index is 0.0231. The lowest BCUT2D eigenvalue weighted by molar-refractivity contribution is 0.841. The molecule has 0 aliphatic rings. The second-order valence-corrected chi connectivity index (χ2v) is 5.62. The number of benzene rings is 1. The molecule has 1 aromatic carbocycles. The van der Waals surface area contributed by atoms with Gasteiger partial charge >= 0.3 is 0 Å². The summed E-state index contributed by atoms with van der Waals surface area (Å²) in [6.07, 6.45) is 6.19. The summed E-state index contributed by atoms with van der Waals surface area (Å²) in [6, 6.07) is 12.0. The Morgan fingerprint density at radius 1 is 1.13 bits per heavy atom. The lowest BCUT2D eigenvalue weighted by Crippen LogP contribution is -2.17. The van der Waals surface area contributed by atoms with E-state index in [1.165, 1.54) is 5.56 Å². The van der Waals surface area contributed by atoms with E-state index in [4.69, 9.17) is 0 Å². The Bertz CT molecular complexity index is 829. The normalized spacial score (nSPS) is 10.9. The van der Waals surface area contributed by atoms with Crippen LogP contribution in [0.3, 0.4) is 0 Å². The molecule has 0 radical (unpaired) electrons. The average molecular weight is 307 g/mol. The molecule has 4 nitrogen and oxygen atoms in total. The van der Waals surface area contributed by atoms with Crippen LogP contribution in [-0.2, 0) is 12.8 Å². The molecule has 0 atom stereocenters. The van der Waals surface area contributed by atoms with Crippen molar-refractivity contribution in [2.24, 2.45) is 0 Å². The van der Waals surface area contributed by atoms with Crippen molar-refractivity contribution in [2.45, 2.75) is 33.1 Å². The number of nitrogens with one attached hydrogen (secondary N) is 1. The van der Waals surface area contributed by atoms with Gasteiger partial charge in [-0.3, -0.25) is 14.9 Å². The monoisotopic (exact) mass is 307 g/mol. The third kappa shape index (κ3) is 2.97. The molecule has 0 saturated heterocycles. The Balaban J connectivity index is 2.13. The number of aromatic amines is 1. The summed E-state index contributed by atoms with van der Waals surface area (Å²) in [5.74, 6) is 0. The zero-order valence-corrected chi connectivity index (χ0v) is 13.5. The SMILES string of the molecule is CCCc1c(-c2cccnc2)[nH]n(-c2ccc(CC)cc2)c1=O. The Morgan fingerprint density at radius 3 is 2.52 bits per heavy atom. The van der Waals surface area contributed by atoms with Crippen LogP contribution in [0.2, 0.25) is 0 Å². The van der Waals surface area contributed by atoms with Gasteiger partial charge in [0.1, 0.15) is 0 Å². The smallest absolute Gasteiger partial charge is 0.275 e. The molecule has 0 aliphatic heterocycles. The van der Waals surface area contributed by atoms with Crippen LogP contribution in [-0.4, -0.2) is 14.8 Å². The molecule has 2 aromatic heterocycles. The number of aryl methyl sites for hydroxylation is 1. The molecule has 0 aliphatic carbocycles. The first kappa shape index (κ1) is 15.3. The molecule has 23 heavy (non-hydrogen) atoms. The lowest BCUT2D eigenvalue weighted by atomic mass is 10.1. The van der Waals surface area contributed by atoms with Crippen LogP contribution in [0.4, 0.5) is 0 Å². The maximum atomic E-state index is 12.8. The zero-order chi connectivity index (χ0) is 16.2. The molecule has 1 N–H and O–H groups in total. The predicted octanol–water partition coefficient (Wildman–Crippen LogP) is 3.74. The highest BCUT2D eigenvalue weighted by atomic mass is 16.1. The molecule has 0 spiro atoms. The third-order valence-corrected chi connectivity index (χ3v) is 4.04. The molecule has 0 bridgehead atoms. The quantitative estimate of drug-likeness (QED) is 0.780. The second-order valence-electron chi connectivity index (χ2n) is 5.62. The van der Waals surface area contributed by atoms with E-state index in [2.05, 4.69) is 36.1 Å². The van der Waals surface area contributed by atoms with Crippen LogP contribution in [0.1, 0.15) is 31.4 Å². The Labute approximate surface area is 135 Å². The van der Waals surface area contributed by atoms with E-state index in [1.807, 2.05) is 24.3 Å². The van der Waals surface area contributed by atoms with E-state index in [1.54, 1.807) is 17.1 Å². The Morgan fingerprint density at radius 2 is 1.91 bits per heavy atom. The molecule has 0 saturated carbocycles. The van der Waals surface area contributed by atoms with E-state index in [0.29, 0.717) is 0 Å². The van der Waals surface area contributed by atoms with E-state index < -0.39 is 0 Å². The highest BCUT2D eigenvalue weighted by molar-refractivity contribution is 5.62. The van der Waals surface area contributed by atoms with Crippen molar-refractivity contribution in [2.75, 3.05) is 0 Å². The van der Waals surface area contributed by atoms with Gasteiger partial charge in [-0.25, -0.2) is 4.68 Å². The highest BCUT2D eigenvalue weighted by Crippen LogP contribution is 2.21. The van der Waals surface area contributed by atoms with Gasteiger partial charge in [-0.1, -0.05) is 32.4 Å². The maximum Gasteiger partial charge on any atom is 0.275 e. The van der Waals surface area contributed by atoms with Crippen molar-refractivity contribution >= 4 is 0 Å². The average Bonchev–Trinajstić information content (AvgIpc) is 2.93. The van der Waals surface area contributed by atoms with Gasteiger partial charge in [-0.05, 0) is 42.7 Å². The summed E-state index contributed by atoms with van der Waals surface area (Å²) >= 11 is 0. The molecular formula is C19H21N3O. The van der Waals surface area contributed by atoms with Gasteiger partial charge in [-0.2, -0.15) is 0 Å². The molecule has 0 amide bonds. The fourth-order valence-corrected chi connectivity index (χ4v) is 2.77. The van der Waals surface area contributed by atoms with Crippen LogP contribution < -0.4 is 5.56 Å². The van der Waals surface area contributed by atoms with Crippen molar-refractivity contribution in [1.82, 2.24) is 14.8 Å².